The largest absolute Gasteiger partial charge is 0.390 e. The summed E-state index contributed by atoms with van der Waals surface area (Å²) in [5.74, 6) is 0. The summed E-state index contributed by atoms with van der Waals surface area (Å²) in [6.45, 7) is 6.12. The van der Waals surface area contributed by atoms with Crippen molar-refractivity contribution >= 4 is 0 Å². The van der Waals surface area contributed by atoms with Crippen LogP contribution >= 0.6 is 0 Å². The van der Waals surface area contributed by atoms with Crippen molar-refractivity contribution in [2.45, 2.75) is 95.3 Å². The summed E-state index contributed by atoms with van der Waals surface area (Å²) in [5, 5.41) is 32.0. The zero-order valence-corrected chi connectivity index (χ0v) is 20.6. The molecule has 1 heterocycles. The van der Waals surface area contributed by atoms with Crippen molar-refractivity contribution in [3.63, 3.8) is 0 Å². The molecule has 188 valence electrons. The Labute approximate surface area is 203 Å². The van der Waals surface area contributed by atoms with E-state index in [1.807, 2.05) is 67.6 Å². The Morgan fingerprint density at radius 2 is 1.59 bits per heavy atom. The number of aliphatic hydroxyl groups is 3. The first-order chi connectivity index (χ1) is 16.2. The summed E-state index contributed by atoms with van der Waals surface area (Å²) in [4.78, 5) is 0. The third-order valence-electron chi connectivity index (χ3n) is 6.60. The lowest BCUT2D eigenvalue weighted by atomic mass is 9.82. The van der Waals surface area contributed by atoms with Crippen LogP contribution in [-0.2, 0) is 27.4 Å². The highest BCUT2D eigenvalue weighted by atomic mass is 16.6. The van der Waals surface area contributed by atoms with Crippen LogP contribution in [0.1, 0.15) is 57.6 Å². The van der Waals surface area contributed by atoms with Crippen LogP contribution in [0, 0.1) is 0 Å². The second kappa shape index (κ2) is 12.2. The fourth-order valence-electron chi connectivity index (χ4n) is 4.36. The van der Waals surface area contributed by atoms with Crippen molar-refractivity contribution in [2.24, 2.45) is 0 Å². The van der Waals surface area contributed by atoms with Gasteiger partial charge in [0.15, 0.2) is 0 Å². The molecule has 1 aliphatic heterocycles. The summed E-state index contributed by atoms with van der Waals surface area (Å²) < 4.78 is 18.8. The Balaban J connectivity index is 1.75. The van der Waals surface area contributed by atoms with Crippen LogP contribution in [0.2, 0.25) is 0 Å². The van der Waals surface area contributed by atoms with Gasteiger partial charge in [-0.05, 0) is 51.2 Å². The molecular weight excluding hydrogens is 432 g/mol. The number of ether oxygens (including phenoxy) is 3. The van der Waals surface area contributed by atoms with Crippen LogP contribution in [0.5, 0.6) is 0 Å². The SMILES string of the molecule is CC(C)(O)C(O)C[C@]1(C)O[C@H](COCc2ccccc2)C(O)CCC[C@H]1OCc1ccccc1. The molecular formula is C28H40O6. The zero-order chi connectivity index (χ0) is 24.6. The average Bonchev–Trinajstić information content (AvgIpc) is 2.80. The Bertz CT molecular complexity index is 837. The minimum Gasteiger partial charge on any atom is -0.390 e. The fourth-order valence-corrected chi connectivity index (χ4v) is 4.36. The van der Waals surface area contributed by atoms with Gasteiger partial charge < -0.3 is 29.5 Å². The molecule has 6 nitrogen and oxygen atoms in total. The van der Waals surface area contributed by atoms with E-state index in [1.54, 1.807) is 13.8 Å². The Hall–Kier alpha value is -1.80. The maximum absolute atomic E-state index is 10.8. The van der Waals surface area contributed by atoms with Gasteiger partial charge in [0.1, 0.15) is 6.10 Å². The van der Waals surface area contributed by atoms with E-state index in [-0.39, 0.29) is 19.1 Å². The Kier molecular flexibility index (Phi) is 9.65. The van der Waals surface area contributed by atoms with Crippen LogP contribution in [0.25, 0.3) is 0 Å². The molecule has 3 rings (SSSR count). The molecule has 0 aliphatic carbocycles. The Morgan fingerprint density at radius 3 is 2.18 bits per heavy atom. The van der Waals surface area contributed by atoms with Gasteiger partial charge in [-0.15, -0.1) is 0 Å². The van der Waals surface area contributed by atoms with E-state index in [0.29, 0.717) is 26.1 Å². The van der Waals surface area contributed by atoms with E-state index in [9.17, 15) is 15.3 Å². The molecule has 0 bridgehead atoms. The van der Waals surface area contributed by atoms with E-state index in [1.165, 1.54) is 0 Å². The third kappa shape index (κ3) is 7.87. The molecule has 1 fully saturated rings. The summed E-state index contributed by atoms with van der Waals surface area (Å²) in [7, 11) is 0. The van der Waals surface area contributed by atoms with Crippen molar-refractivity contribution in [1.82, 2.24) is 0 Å². The average molecular weight is 473 g/mol. The number of aliphatic hydroxyl groups excluding tert-OH is 2. The van der Waals surface area contributed by atoms with Crippen LogP contribution in [0.3, 0.4) is 0 Å². The van der Waals surface area contributed by atoms with E-state index in [2.05, 4.69) is 0 Å². The predicted octanol–water partition coefficient (Wildman–Crippen LogP) is 4.00. The first kappa shape index (κ1) is 26.8. The van der Waals surface area contributed by atoms with Gasteiger partial charge in [0.25, 0.3) is 0 Å². The number of hydrogen-bond acceptors (Lipinski definition) is 6. The molecule has 6 heteroatoms. The molecule has 2 aromatic rings. The van der Waals surface area contributed by atoms with E-state index < -0.39 is 29.5 Å². The Morgan fingerprint density at radius 1 is 1.00 bits per heavy atom. The highest BCUT2D eigenvalue weighted by Crippen LogP contribution is 2.35. The smallest absolute Gasteiger partial charge is 0.107 e. The van der Waals surface area contributed by atoms with Gasteiger partial charge in [-0.1, -0.05) is 60.7 Å². The normalized spacial score (nSPS) is 27.1. The van der Waals surface area contributed by atoms with Crippen LogP contribution in [0.15, 0.2) is 60.7 Å². The van der Waals surface area contributed by atoms with Crippen LogP contribution < -0.4 is 0 Å². The first-order valence-electron chi connectivity index (χ1n) is 12.2. The van der Waals surface area contributed by atoms with Crippen LogP contribution in [0.4, 0.5) is 0 Å². The van der Waals surface area contributed by atoms with Gasteiger partial charge in [0.05, 0.1) is 49.3 Å². The molecule has 1 aliphatic rings. The lowest BCUT2D eigenvalue weighted by molar-refractivity contribution is -0.228. The van der Waals surface area contributed by atoms with Crippen molar-refractivity contribution in [1.29, 1.82) is 0 Å². The standard InChI is InChI=1S/C28H40O6/c1-27(2,31)25(30)17-28(3)26(33-19-22-13-8-5-9-14-22)16-10-15-23(29)24(34-28)20-32-18-21-11-6-4-7-12-21/h4-9,11-14,23-26,29-31H,10,15-20H2,1-3H3/t23?,24-,25?,26-,28+/m1/s1. The highest BCUT2D eigenvalue weighted by molar-refractivity contribution is 5.14. The predicted molar refractivity (Wildman–Crippen MR) is 131 cm³/mol. The fraction of sp³-hybridized carbons (Fsp3) is 0.571. The number of benzene rings is 2. The van der Waals surface area contributed by atoms with Gasteiger partial charge in [-0.25, -0.2) is 0 Å². The first-order valence-corrected chi connectivity index (χ1v) is 12.2. The van der Waals surface area contributed by atoms with Crippen molar-refractivity contribution in [3.8, 4) is 0 Å². The summed E-state index contributed by atoms with van der Waals surface area (Å²) in [5.41, 5.74) is -0.127. The number of hydrogen-bond donors (Lipinski definition) is 3. The molecule has 2 unspecified atom stereocenters. The monoisotopic (exact) mass is 472 g/mol. The maximum atomic E-state index is 10.8. The molecule has 0 aromatic heterocycles. The van der Waals surface area contributed by atoms with Crippen LogP contribution in [-0.4, -0.2) is 57.5 Å². The van der Waals surface area contributed by atoms with Gasteiger partial charge in [-0.2, -0.15) is 0 Å². The molecule has 5 atom stereocenters. The third-order valence-corrected chi connectivity index (χ3v) is 6.60. The zero-order valence-electron chi connectivity index (χ0n) is 20.6. The second-order valence-corrected chi connectivity index (χ2v) is 10.1. The van der Waals surface area contributed by atoms with Gasteiger partial charge >= 0.3 is 0 Å². The number of rotatable bonds is 10. The molecule has 34 heavy (non-hydrogen) atoms. The lowest BCUT2D eigenvalue weighted by Crippen LogP contribution is -2.55. The van der Waals surface area contributed by atoms with Crippen molar-refractivity contribution in [3.05, 3.63) is 71.8 Å². The molecule has 0 amide bonds. The quantitative estimate of drug-likeness (QED) is 0.484. The van der Waals surface area contributed by atoms with Crippen molar-refractivity contribution < 1.29 is 29.5 Å². The lowest BCUT2D eigenvalue weighted by Gasteiger charge is -2.45. The molecule has 0 spiro atoms. The van der Waals surface area contributed by atoms with Gasteiger partial charge in [0, 0.05) is 6.42 Å². The topological polar surface area (TPSA) is 88.4 Å². The maximum Gasteiger partial charge on any atom is 0.107 e. The van der Waals surface area contributed by atoms with Crippen molar-refractivity contribution in [2.75, 3.05) is 6.61 Å². The van der Waals surface area contributed by atoms with E-state index in [4.69, 9.17) is 14.2 Å². The molecule has 2 aromatic carbocycles. The molecule has 3 N–H and O–H groups in total. The van der Waals surface area contributed by atoms with Gasteiger partial charge in [0.2, 0.25) is 0 Å². The minimum absolute atomic E-state index is 0.165. The molecule has 1 saturated heterocycles. The minimum atomic E-state index is -1.30. The summed E-state index contributed by atoms with van der Waals surface area (Å²) in [6, 6.07) is 19.8. The molecule has 0 saturated carbocycles. The molecule has 0 radical (unpaired) electrons. The van der Waals surface area contributed by atoms with E-state index >= 15 is 0 Å². The summed E-state index contributed by atoms with van der Waals surface area (Å²) >= 11 is 0. The second-order valence-electron chi connectivity index (χ2n) is 10.1. The van der Waals surface area contributed by atoms with E-state index in [0.717, 1.165) is 17.5 Å². The van der Waals surface area contributed by atoms with Gasteiger partial charge in [-0.3, -0.25) is 0 Å². The highest BCUT2D eigenvalue weighted by Gasteiger charge is 2.45. The summed E-state index contributed by atoms with van der Waals surface area (Å²) in [6.07, 6.45) is -0.442.